The van der Waals surface area contributed by atoms with Gasteiger partial charge in [0.1, 0.15) is 5.82 Å². The largest absolute Gasteiger partial charge is 0.382 e. The predicted molar refractivity (Wildman–Crippen MR) is 88.0 cm³/mol. The molecule has 0 bridgehead atoms. The van der Waals surface area contributed by atoms with Gasteiger partial charge in [-0.3, -0.25) is 9.59 Å². The van der Waals surface area contributed by atoms with Crippen molar-refractivity contribution in [1.82, 2.24) is 10.2 Å². The molecule has 1 aliphatic heterocycles. The molecule has 130 valence electrons. The van der Waals surface area contributed by atoms with Gasteiger partial charge >= 0.3 is 0 Å². The lowest BCUT2D eigenvalue weighted by atomic mass is 10.0. The third kappa shape index (κ3) is 4.78. The maximum Gasteiger partial charge on any atom is 0.267 e. The Bertz CT molecular complexity index is 667. The summed E-state index contributed by atoms with van der Waals surface area (Å²) >= 11 is 0. The maximum absolute atomic E-state index is 13.3. The maximum atomic E-state index is 13.3. The van der Waals surface area contributed by atoms with Crippen LogP contribution < -0.4 is 5.32 Å². The van der Waals surface area contributed by atoms with E-state index in [1.165, 1.54) is 24.1 Å². The van der Waals surface area contributed by atoms with Crippen molar-refractivity contribution in [3.63, 3.8) is 0 Å². The molecule has 1 aromatic rings. The van der Waals surface area contributed by atoms with E-state index < -0.39 is 6.10 Å². The van der Waals surface area contributed by atoms with E-state index in [1.54, 1.807) is 12.1 Å². The van der Waals surface area contributed by atoms with E-state index in [1.807, 2.05) is 20.8 Å². The zero-order valence-electron chi connectivity index (χ0n) is 14.3. The van der Waals surface area contributed by atoms with Crippen molar-refractivity contribution < 1.29 is 18.8 Å². The quantitative estimate of drug-likeness (QED) is 0.910. The van der Waals surface area contributed by atoms with E-state index in [2.05, 4.69) is 10.5 Å². The lowest BCUT2D eigenvalue weighted by Gasteiger charge is -2.24. The van der Waals surface area contributed by atoms with Gasteiger partial charge in [0.05, 0.1) is 12.3 Å². The molecule has 2 amide bonds. The summed E-state index contributed by atoms with van der Waals surface area (Å²) in [5, 5.41) is 6.66. The Morgan fingerprint density at radius 3 is 2.75 bits per heavy atom. The number of amides is 2. The van der Waals surface area contributed by atoms with Gasteiger partial charge in [0.2, 0.25) is 12.0 Å². The number of halogens is 1. The summed E-state index contributed by atoms with van der Waals surface area (Å²) in [6.45, 7) is 5.54. The lowest BCUT2D eigenvalue weighted by molar-refractivity contribution is -0.143. The number of nitrogens with zero attached hydrogens (tertiary/aromatic N) is 2. The van der Waals surface area contributed by atoms with Crippen LogP contribution in [0.2, 0.25) is 0 Å². The van der Waals surface area contributed by atoms with Crippen LogP contribution in [-0.2, 0) is 14.4 Å². The van der Waals surface area contributed by atoms with Crippen LogP contribution in [0.4, 0.5) is 4.39 Å². The van der Waals surface area contributed by atoms with Gasteiger partial charge in [0.25, 0.3) is 5.91 Å². The molecule has 0 spiro atoms. The fourth-order valence-corrected chi connectivity index (χ4v) is 2.35. The highest BCUT2D eigenvalue weighted by Crippen LogP contribution is 2.18. The smallest absolute Gasteiger partial charge is 0.267 e. The van der Waals surface area contributed by atoms with Gasteiger partial charge < -0.3 is 15.1 Å². The second-order valence-corrected chi connectivity index (χ2v) is 6.84. The first kappa shape index (κ1) is 17.9. The minimum atomic E-state index is -0.796. The second-order valence-electron chi connectivity index (χ2n) is 6.84. The lowest BCUT2D eigenvalue weighted by Crippen LogP contribution is -2.48. The molecule has 2 rings (SSSR count). The van der Waals surface area contributed by atoms with Crippen molar-refractivity contribution in [2.45, 2.75) is 38.8 Å². The number of carbonyl (C=O) groups excluding carboxylic acids is 2. The van der Waals surface area contributed by atoms with E-state index in [0.29, 0.717) is 11.3 Å². The summed E-state index contributed by atoms with van der Waals surface area (Å²) < 4.78 is 13.3. The van der Waals surface area contributed by atoms with Gasteiger partial charge in [0.15, 0.2) is 0 Å². The summed E-state index contributed by atoms with van der Waals surface area (Å²) in [5.41, 5.74) is 0.734. The Balaban J connectivity index is 1.92. The van der Waals surface area contributed by atoms with E-state index in [4.69, 9.17) is 4.84 Å². The molecule has 7 heteroatoms. The summed E-state index contributed by atoms with van der Waals surface area (Å²) in [7, 11) is 1.54. The Kier molecular flexibility index (Phi) is 5.21. The average molecular weight is 335 g/mol. The van der Waals surface area contributed by atoms with E-state index in [0.717, 1.165) is 0 Å². The molecule has 1 N–H and O–H groups in total. The molecular formula is C17H22FN3O3. The highest BCUT2D eigenvalue weighted by Gasteiger charge is 2.32. The highest BCUT2D eigenvalue weighted by molar-refractivity contribution is 6.04. The van der Waals surface area contributed by atoms with Crippen LogP contribution in [0.1, 0.15) is 32.8 Å². The van der Waals surface area contributed by atoms with Crippen molar-refractivity contribution >= 4 is 17.5 Å². The Labute approximate surface area is 140 Å². The first-order valence-corrected chi connectivity index (χ1v) is 7.70. The molecule has 0 saturated heterocycles. The monoisotopic (exact) mass is 335 g/mol. The zero-order valence-corrected chi connectivity index (χ0v) is 14.3. The topological polar surface area (TPSA) is 71.0 Å². The van der Waals surface area contributed by atoms with E-state index in [9.17, 15) is 14.0 Å². The van der Waals surface area contributed by atoms with Crippen LogP contribution in [0.3, 0.4) is 0 Å². The minimum absolute atomic E-state index is 0.0642. The zero-order chi connectivity index (χ0) is 17.9. The third-order valence-electron chi connectivity index (χ3n) is 3.37. The number of benzene rings is 1. The van der Waals surface area contributed by atoms with Crippen molar-refractivity contribution in [3.05, 3.63) is 35.6 Å². The molecule has 24 heavy (non-hydrogen) atoms. The third-order valence-corrected chi connectivity index (χ3v) is 3.37. The fraction of sp³-hybridized carbons (Fsp3) is 0.471. The molecule has 0 aliphatic carbocycles. The van der Waals surface area contributed by atoms with Gasteiger partial charge in [-0.15, -0.1) is 0 Å². The molecule has 1 aromatic carbocycles. The molecule has 6 nitrogen and oxygen atoms in total. The Morgan fingerprint density at radius 1 is 1.42 bits per heavy atom. The van der Waals surface area contributed by atoms with Crippen molar-refractivity contribution in [3.8, 4) is 0 Å². The number of rotatable bonds is 4. The van der Waals surface area contributed by atoms with Crippen molar-refractivity contribution in [2.24, 2.45) is 5.16 Å². The molecule has 1 aliphatic rings. The van der Waals surface area contributed by atoms with Crippen LogP contribution in [0.25, 0.3) is 0 Å². The van der Waals surface area contributed by atoms with E-state index in [-0.39, 0.29) is 36.1 Å². The van der Waals surface area contributed by atoms with Gasteiger partial charge in [0, 0.05) is 24.6 Å². The van der Waals surface area contributed by atoms with Gasteiger partial charge in [-0.05, 0) is 32.9 Å². The molecular weight excluding hydrogens is 313 g/mol. The Morgan fingerprint density at radius 2 is 2.12 bits per heavy atom. The number of hydrogen-bond acceptors (Lipinski definition) is 4. The molecule has 0 unspecified atom stereocenters. The molecule has 1 heterocycles. The van der Waals surface area contributed by atoms with Crippen LogP contribution >= 0.6 is 0 Å². The minimum Gasteiger partial charge on any atom is -0.382 e. The second kappa shape index (κ2) is 6.98. The first-order chi connectivity index (χ1) is 11.2. The summed E-state index contributed by atoms with van der Waals surface area (Å²) in [6.07, 6.45) is -0.552. The summed E-state index contributed by atoms with van der Waals surface area (Å²) in [5.74, 6) is -0.960. The van der Waals surface area contributed by atoms with Gasteiger partial charge in [-0.2, -0.15) is 0 Å². The van der Waals surface area contributed by atoms with Crippen molar-refractivity contribution in [2.75, 3.05) is 13.6 Å². The summed E-state index contributed by atoms with van der Waals surface area (Å²) in [4.78, 5) is 30.7. The van der Waals surface area contributed by atoms with E-state index >= 15 is 0 Å². The Hall–Kier alpha value is -2.44. The average Bonchev–Trinajstić information content (AvgIpc) is 2.94. The number of likely N-dealkylation sites (N-methyl/N-ethyl adjacent to an activating group) is 1. The van der Waals surface area contributed by atoms with Crippen LogP contribution in [0, 0.1) is 5.82 Å². The highest BCUT2D eigenvalue weighted by atomic mass is 19.1. The predicted octanol–water partition coefficient (Wildman–Crippen LogP) is 1.69. The summed E-state index contributed by atoms with van der Waals surface area (Å²) in [6, 6.07) is 5.96. The number of hydrogen-bond donors (Lipinski definition) is 1. The van der Waals surface area contributed by atoms with Gasteiger partial charge in [-0.25, -0.2) is 4.39 Å². The molecule has 0 saturated carbocycles. The normalized spacial score (nSPS) is 17.0. The standard InChI is InChI=1S/C17H22FN3O3/c1-17(2,3)19-15(22)10-21(4)16(23)14-9-13(20-24-14)11-6-5-7-12(18)8-11/h5-8,14H,9-10H2,1-4H3,(H,19,22)/t14-/m0/s1. The molecule has 1 atom stereocenters. The molecule has 0 aromatic heterocycles. The van der Waals surface area contributed by atoms with Crippen LogP contribution in [-0.4, -0.2) is 47.7 Å². The SMILES string of the molecule is CN(CC(=O)NC(C)(C)C)C(=O)[C@@H]1CC(c2cccc(F)c2)=NO1. The fourth-order valence-electron chi connectivity index (χ4n) is 2.35. The van der Waals surface area contributed by atoms with Gasteiger partial charge in [-0.1, -0.05) is 17.3 Å². The van der Waals surface area contributed by atoms with Crippen molar-refractivity contribution in [1.29, 1.82) is 0 Å². The number of nitrogens with one attached hydrogen (secondary N) is 1. The molecule has 0 radical (unpaired) electrons. The first-order valence-electron chi connectivity index (χ1n) is 7.70. The number of oxime groups is 1. The molecule has 0 fully saturated rings. The van der Waals surface area contributed by atoms with Crippen LogP contribution in [0.5, 0.6) is 0 Å². The van der Waals surface area contributed by atoms with Crippen LogP contribution in [0.15, 0.2) is 29.4 Å². The number of carbonyl (C=O) groups is 2.